The van der Waals surface area contributed by atoms with Crippen molar-refractivity contribution < 1.29 is 19.1 Å². The van der Waals surface area contributed by atoms with Crippen molar-refractivity contribution in [3.63, 3.8) is 0 Å². The van der Waals surface area contributed by atoms with E-state index in [1.807, 2.05) is 22.9 Å². The van der Waals surface area contributed by atoms with Gasteiger partial charge in [-0.15, -0.1) is 0 Å². The highest BCUT2D eigenvalue weighted by Crippen LogP contribution is 1.92. The standard InChI is InChI=1S/C5H8O2.C4H4S.C3H3BrN2O.C3H5NO/c6-4-2-1-3-5-7;1-2-4-5-3-1;4-2(1-5)3(6)7;1-2-5-3-4-1/h4-5H,1-3H2;1-4H;2H,(H2,6,7);3H,1-2H2. The van der Waals surface area contributed by atoms with Gasteiger partial charge in [-0.1, -0.05) is 28.1 Å². The highest BCUT2D eigenvalue weighted by Gasteiger charge is 2.05. The summed E-state index contributed by atoms with van der Waals surface area (Å²) >= 11 is 4.42. The minimum absolute atomic E-state index is 0.513. The first kappa shape index (κ1) is 24.2. The van der Waals surface area contributed by atoms with Crippen molar-refractivity contribution in [1.29, 1.82) is 5.26 Å². The second-order valence-electron chi connectivity index (χ2n) is 3.83. The number of ether oxygens (including phenoxy) is 1. The minimum atomic E-state index is -0.840. The lowest BCUT2D eigenvalue weighted by molar-refractivity contribution is -0.116. The molecule has 0 saturated carbocycles. The molecule has 0 radical (unpaired) electrons. The van der Waals surface area contributed by atoms with Crippen molar-refractivity contribution in [2.45, 2.75) is 24.1 Å². The van der Waals surface area contributed by atoms with Crippen LogP contribution in [0.15, 0.2) is 27.9 Å². The molecule has 0 spiro atoms. The van der Waals surface area contributed by atoms with E-state index >= 15 is 0 Å². The number of aliphatic imine (C=N–C) groups is 1. The normalized spacial score (nSPS) is 11.5. The van der Waals surface area contributed by atoms with Crippen molar-refractivity contribution in [1.82, 2.24) is 0 Å². The molecule has 2 N–H and O–H groups in total. The molecule has 0 aliphatic carbocycles. The summed E-state index contributed by atoms with van der Waals surface area (Å²) in [4.78, 5) is 31.9. The van der Waals surface area contributed by atoms with E-state index in [2.05, 4.69) is 31.4 Å². The fraction of sp³-hybridized carbons (Fsp3) is 0.400. The van der Waals surface area contributed by atoms with Crippen LogP contribution in [0.5, 0.6) is 0 Å². The largest absolute Gasteiger partial charge is 0.482 e. The van der Waals surface area contributed by atoms with E-state index in [-0.39, 0.29) is 0 Å². The average molecular weight is 418 g/mol. The maximum Gasteiger partial charge on any atom is 0.245 e. The molecular formula is C15H20BrN3O4S. The monoisotopic (exact) mass is 417 g/mol. The van der Waals surface area contributed by atoms with Gasteiger partial charge in [0.05, 0.1) is 12.6 Å². The van der Waals surface area contributed by atoms with Crippen LogP contribution in [-0.2, 0) is 19.1 Å². The molecule has 2 rings (SSSR count). The van der Waals surface area contributed by atoms with Gasteiger partial charge in [-0.25, -0.2) is 0 Å². The number of amides is 1. The number of thiophene rings is 1. The Morgan fingerprint density at radius 3 is 2.12 bits per heavy atom. The topological polar surface area (TPSA) is 123 Å². The Kier molecular flexibility index (Phi) is 21.1. The molecule has 7 nitrogen and oxygen atoms in total. The fourth-order valence-corrected chi connectivity index (χ4v) is 1.29. The Hall–Kier alpha value is -2.05. The van der Waals surface area contributed by atoms with Crippen LogP contribution in [0, 0.1) is 11.3 Å². The lowest BCUT2D eigenvalue weighted by Crippen LogP contribution is -2.21. The molecule has 1 atom stereocenters. The van der Waals surface area contributed by atoms with Crippen molar-refractivity contribution >= 4 is 52.1 Å². The number of nitriles is 1. The molecule has 9 heteroatoms. The molecule has 0 fully saturated rings. The second kappa shape index (κ2) is 20.9. The van der Waals surface area contributed by atoms with Crippen LogP contribution in [-0.4, -0.2) is 42.9 Å². The van der Waals surface area contributed by atoms with Gasteiger partial charge < -0.3 is 20.1 Å². The molecule has 0 saturated heterocycles. The van der Waals surface area contributed by atoms with Gasteiger partial charge in [-0.3, -0.25) is 9.79 Å². The maximum atomic E-state index is 9.88. The molecule has 24 heavy (non-hydrogen) atoms. The number of rotatable bonds is 5. The van der Waals surface area contributed by atoms with E-state index in [0.717, 1.165) is 25.7 Å². The summed E-state index contributed by atoms with van der Waals surface area (Å²) in [6.07, 6.45) is 4.86. The van der Waals surface area contributed by atoms with Crippen LogP contribution in [0.3, 0.4) is 0 Å². The Morgan fingerprint density at radius 2 is 1.96 bits per heavy atom. The Morgan fingerprint density at radius 1 is 1.38 bits per heavy atom. The van der Waals surface area contributed by atoms with Crippen molar-refractivity contribution in [2.75, 3.05) is 13.2 Å². The number of nitrogens with two attached hydrogens (primary N) is 1. The number of hydrogen-bond donors (Lipinski definition) is 1. The van der Waals surface area contributed by atoms with Gasteiger partial charge in [0.1, 0.15) is 19.2 Å². The van der Waals surface area contributed by atoms with Crippen molar-refractivity contribution in [3.8, 4) is 6.07 Å². The zero-order valence-corrected chi connectivity index (χ0v) is 15.4. The number of primary amides is 1. The number of halogens is 1. The van der Waals surface area contributed by atoms with E-state index in [1.54, 1.807) is 17.4 Å². The number of unbranched alkanes of at least 4 members (excludes halogenated alkanes) is 2. The maximum absolute atomic E-state index is 9.88. The van der Waals surface area contributed by atoms with E-state index in [1.165, 1.54) is 6.40 Å². The van der Waals surface area contributed by atoms with E-state index < -0.39 is 10.7 Å². The Balaban J connectivity index is 0. The molecule has 132 valence electrons. The summed E-state index contributed by atoms with van der Waals surface area (Å²) in [6.45, 7) is 1.62. The van der Waals surface area contributed by atoms with E-state index in [4.69, 9.17) is 5.26 Å². The quantitative estimate of drug-likeness (QED) is 0.446. The second-order valence-corrected chi connectivity index (χ2v) is 5.57. The summed E-state index contributed by atoms with van der Waals surface area (Å²) in [6, 6.07) is 5.64. The molecule has 0 bridgehead atoms. The first-order chi connectivity index (χ1) is 11.6. The SMILES string of the molecule is C1=NCCO1.N#CC(Br)C(N)=O.O=CCCCC=O.c1ccsc1. The lowest BCUT2D eigenvalue weighted by atomic mass is 10.3. The molecule has 1 aromatic heterocycles. The summed E-state index contributed by atoms with van der Waals surface area (Å²) in [7, 11) is 0. The summed E-state index contributed by atoms with van der Waals surface area (Å²) in [5, 5.41) is 12.0. The highest BCUT2D eigenvalue weighted by atomic mass is 79.9. The number of carbonyl (C=O) groups is 3. The molecule has 1 aliphatic rings. The number of hydrogen-bond acceptors (Lipinski definition) is 7. The van der Waals surface area contributed by atoms with Crippen LogP contribution in [0.1, 0.15) is 19.3 Å². The van der Waals surface area contributed by atoms with Gasteiger partial charge in [-0.05, 0) is 17.2 Å². The summed E-state index contributed by atoms with van der Waals surface area (Å²) in [5.74, 6) is -0.650. The molecule has 1 aromatic rings. The minimum Gasteiger partial charge on any atom is -0.482 e. The zero-order chi connectivity index (χ0) is 18.5. The fourth-order valence-electron chi connectivity index (χ4n) is 0.838. The number of nitrogens with zero attached hydrogens (tertiary/aromatic N) is 2. The molecule has 2 heterocycles. The third-order valence-electron chi connectivity index (χ3n) is 1.92. The summed E-state index contributed by atoms with van der Waals surface area (Å²) < 4.78 is 4.65. The molecule has 0 aromatic carbocycles. The Bertz CT molecular complexity index is 458. The number of alkyl halides is 1. The van der Waals surface area contributed by atoms with Gasteiger partial charge in [-0.2, -0.15) is 16.6 Å². The predicted octanol–water partition coefficient (Wildman–Crippen LogP) is 2.11. The summed E-state index contributed by atoms with van der Waals surface area (Å²) in [5.41, 5.74) is 4.64. The van der Waals surface area contributed by atoms with Gasteiger partial charge in [0, 0.05) is 12.8 Å². The van der Waals surface area contributed by atoms with Crippen molar-refractivity contribution in [3.05, 3.63) is 22.9 Å². The zero-order valence-electron chi connectivity index (χ0n) is 13.0. The number of carbonyl (C=O) groups excluding carboxylic acids is 3. The Labute approximate surface area is 153 Å². The van der Waals surface area contributed by atoms with Crippen LogP contribution in [0.25, 0.3) is 0 Å². The highest BCUT2D eigenvalue weighted by molar-refractivity contribution is 9.10. The van der Waals surface area contributed by atoms with Gasteiger partial charge in [0.15, 0.2) is 11.2 Å². The number of aldehydes is 2. The van der Waals surface area contributed by atoms with Gasteiger partial charge in [0.2, 0.25) is 5.91 Å². The molecule has 1 unspecified atom stereocenters. The van der Waals surface area contributed by atoms with Crippen LogP contribution in [0.2, 0.25) is 0 Å². The first-order valence-corrected chi connectivity index (χ1v) is 8.73. The first-order valence-electron chi connectivity index (χ1n) is 6.87. The average Bonchev–Trinajstić information content (AvgIpc) is 3.32. The van der Waals surface area contributed by atoms with Crippen LogP contribution in [0.4, 0.5) is 0 Å². The molecule has 1 amide bonds. The van der Waals surface area contributed by atoms with Gasteiger partial charge >= 0.3 is 0 Å². The van der Waals surface area contributed by atoms with Crippen LogP contribution >= 0.6 is 27.3 Å². The third kappa shape index (κ3) is 22.2. The van der Waals surface area contributed by atoms with Crippen molar-refractivity contribution in [2.24, 2.45) is 10.7 Å². The smallest absolute Gasteiger partial charge is 0.245 e. The van der Waals surface area contributed by atoms with E-state index in [9.17, 15) is 14.4 Å². The van der Waals surface area contributed by atoms with Gasteiger partial charge in [0.25, 0.3) is 0 Å². The molecular weight excluding hydrogens is 398 g/mol. The third-order valence-corrected chi connectivity index (χ3v) is 3.20. The molecule has 1 aliphatic heterocycles. The predicted molar refractivity (Wildman–Crippen MR) is 97.1 cm³/mol. The van der Waals surface area contributed by atoms with E-state index in [0.29, 0.717) is 19.3 Å². The lowest BCUT2D eigenvalue weighted by Gasteiger charge is -1.85. The van der Waals surface area contributed by atoms with Crippen LogP contribution < -0.4 is 5.73 Å².